The van der Waals surface area contributed by atoms with E-state index in [-0.39, 0.29) is 0 Å². The van der Waals surface area contributed by atoms with Gasteiger partial charge >= 0.3 is 0 Å². The molecule has 2 heterocycles. The van der Waals surface area contributed by atoms with Gasteiger partial charge in [-0.1, -0.05) is 22.9 Å². The van der Waals surface area contributed by atoms with Gasteiger partial charge in [-0.2, -0.15) is 0 Å². The maximum Gasteiger partial charge on any atom is 0.186 e. The number of rotatable bonds is 4. The zero-order valence-corrected chi connectivity index (χ0v) is 10.9. The first kappa shape index (κ1) is 11.6. The van der Waals surface area contributed by atoms with Crippen LogP contribution in [0.15, 0.2) is 18.3 Å². The van der Waals surface area contributed by atoms with Crippen LogP contribution in [0.4, 0.5) is 5.13 Å². The summed E-state index contributed by atoms with van der Waals surface area (Å²) >= 11 is 8.80. The molecule has 6 heteroatoms. The summed E-state index contributed by atoms with van der Waals surface area (Å²) in [6, 6.07) is 3.88. The zero-order chi connectivity index (χ0) is 11.5. The quantitative estimate of drug-likeness (QED) is 0.801. The van der Waals surface area contributed by atoms with Gasteiger partial charge in [0.05, 0.1) is 22.0 Å². The molecule has 84 valence electrons. The minimum Gasteiger partial charge on any atom is -0.346 e. The number of nitrogens with zero attached hydrogens (tertiary/aromatic N) is 2. The van der Waals surface area contributed by atoms with E-state index < -0.39 is 0 Å². The molecule has 0 aliphatic rings. The maximum atomic E-state index is 10.5. The van der Waals surface area contributed by atoms with E-state index in [2.05, 4.69) is 4.98 Å². The summed E-state index contributed by atoms with van der Waals surface area (Å²) in [6.07, 6.45) is 2.40. The molecule has 0 aliphatic carbocycles. The van der Waals surface area contributed by atoms with Gasteiger partial charge in [0.1, 0.15) is 0 Å². The van der Waals surface area contributed by atoms with E-state index in [1.54, 1.807) is 17.5 Å². The van der Waals surface area contributed by atoms with Crippen LogP contribution in [-0.4, -0.2) is 18.3 Å². The highest BCUT2D eigenvalue weighted by molar-refractivity contribution is 7.17. The van der Waals surface area contributed by atoms with Crippen molar-refractivity contribution in [2.75, 3.05) is 11.9 Å². The number of aromatic nitrogens is 1. The third-order valence-electron chi connectivity index (χ3n) is 1.98. The number of halogens is 1. The van der Waals surface area contributed by atoms with Crippen LogP contribution in [0.2, 0.25) is 4.34 Å². The monoisotopic (exact) mass is 272 g/mol. The topological polar surface area (TPSA) is 33.2 Å². The van der Waals surface area contributed by atoms with Crippen molar-refractivity contribution in [1.82, 2.24) is 4.98 Å². The van der Waals surface area contributed by atoms with Gasteiger partial charge in [0, 0.05) is 11.9 Å². The smallest absolute Gasteiger partial charge is 0.186 e. The normalized spacial score (nSPS) is 10.4. The molecule has 0 amide bonds. The molecular formula is C10H9ClN2OS2. The van der Waals surface area contributed by atoms with E-state index in [0.29, 0.717) is 4.88 Å². The van der Waals surface area contributed by atoms with E-state index in [4.69, 9.17) is 11.6 Å². The Hall–Kier alpha value is -0.910. The summed E-state index contributed by atoms with van der Waals surface area (Å²) in [5.74, 6) is 0. The number of carbonyl (C=O) groups is 1. The maximum absolute atomic E-state index is 10.5. The van der Waals surface area contributed by atoms with Gasteiger partial charge in [-0.25, -0.2) is 4.98 Å². The highest BCUT2D eigenvalue weighted by atomic mass is 35.5. The number of carbonyl (C=O) groups excluding carboxylic acids is 1. The molecule has 0 aliphatic heterocycles. The Kier molecular flexibility index (Phi) is 3.58. The molecule has 0 radical (unpaired) electrons. The zero-order valence-electron chi connectivity index (χ0n) is 8.51. The summed E-state index contributed by atoms with van der Waals surface area (Å²) in [7, 11) is 1.95. The summed E-state index contributed by atoms with van der Waals surface area (Å²) in [5.41, 5.74) is 0. The summed E-state index contributed by atoms with van der Waals surface area (Å²) < 4.78 is 0.788. The number of thiophene rings is 1. The van der Waals surface area contributed by atoms with Gasteiger partial charge in [0.15, 0.2) is 11.4 Å². The van der Waals surface area contributed by atoms with Gasteiger partial charge in [0.2, 0.25) is 0 Å². The van der Waals surface area contributed by atoms with Crippen LogP contribution >= 0.6 is 34.3 Å². The standard InChI is InChI=1S/C10H9ClN2OS2/c1-13(5-7-2-3-9(11)15-7)10-12-4-8(6-14)16-10/h2-4,6H,5H2,1H3. The first-order chi connectivity index (χ1) is 7.69. The van der Waals surface area contributed by atoms with E-state index in [9.17, 15) is 4.79 Å². The molecule has 0 spiro atoms. The van der Waals surface area contributed by atoms with E-state index in [1.165, 1.54) is 16.2 Å². The first-order valence-electron chi connectivity index (χ1n) is 4.55. The fourth-order valence-electron chi connectivity index (χ4n) is 1.25. The van der Waals surface area contributed by atoms with Gasteiger partial charge in [-0.3, -0.25) is 4.79 Å². The van der Waals surface area contributed by atoms with Gasteiger partial charge in [-0.05, 0) is 12.1 Å². The van der Waals surface area contributed by atoms with Crippen molar-refractivity contribution in [1.29, 1.82) is 0 Å². The second kappa shape index (κ2) is 4.95. The molecule has 0 saturated heterocycles. The average molecular weight is 273 g/mol. The predicted octanol–water partition coefficient (Wildman–Crippen LogP) is 3.31. The summed E-state index contributed by atoms with van der Waals surface area (Å²) in [5, 5.41) is 0.839. The van der Waals surface area contributed by atoms with E-state index >= 15 is 0 Å². The van der Waals surface area contributed by atoms with Crippen molar-refractivity contribution < 1.29 is 4.79 Å². The molecule has 0 atom stereocenters. The number of hydrogen-bond donors (Lipinski definition) is 0. The molecule has 0 fully saturated rings. The van der Waals surface area contributed by atoms with Gasteiger partial charge < -0.3 is 4.90 Å². The van der Waals surface area contributed by atoms with Crippen molar-refractivity contribution in [2.45, 2.75) is 6.54 Å². The van der Waals surface area contributed by atoms with Gasteiger partial charge in [0.25, 0.3) is 0 Å². The highest BCUT2D eigenvalue weighted by Gasteiger charge is 2.08. The second-order valence-electron chi connectivity index (χ2n) is 3.22. The van der Waals surface area contributed by atoms with Crippen LogP contribution in [0.25, 0.3) is 0 Å². The SMILES string of the molecule is CN(Cc1ccc(Cl)s1)c1ncc(C=O)s1. The third kappa shape index (κ3) is 2.61. The Balaban J connectivity index is 2.07. The Labute approximate surface area is 106 Å². The Bertz CT molecular complexity index is 494. The number of anilines is 1. The fourth-order valence-corrected chi connectivity index (χ4v) is 3.08. The largest absolute Gasteiger partial charge is 0.346 e. The average Bonchev–Trinajstić information content (AvgIpc) is 2.87. The Morgan fingerprint density at radius 1 is 1.50 bits per heavy atom. The molecule has 3 nitrogen and oxygen atoms in total. The highest BCUT2D eigenvalue weighted by Crippen LogP contribution is 2.26. The number of aldehydes is 1. The van der Waals surface area contributed by atoms with E-state index in [1.807, 2.05) is 24.1 Å². The Morgan fingerprint density at radius 3 is 2.88 bits per heavy atom. The van der Waals surface area contributed by atoms with Crippen molar-refractivity contribution in [3.05, 3.63) is 32.4 Å². The predicted molar refractivity (Wildman–Crippen MR) is 68.9 cm³/mol. The molecule has 2 aromatic rings. The summed E-state index contributed by atoms with van der Waals surface area (Å²) in [6.45, 7) is 0.753. The van der Waals surface area contributed by atoms with Crippen molar-refractivity contribution in [2.24, 2.45) is 0 Å². The number of hydrogen-bond acceptors (Lipinski definition) is 5. The van der Waals surface area contributed by atoms with Crippen LogP contribution < -0.4 is 4.90 Å². The molecule has 0 N–H and O–H groups in total. The van der Waals surface area contributed by atoms with Gasteiger partial charge in [-0.15, -0.1) is 11.3 Å². The number of thiazole rings is 1. The van der Waals surface area contributed by atoms with Crippen molar-refractivity contribution in [3.63, 3.8) is 0 Å². The molecule has 0 unspecified atom stereocenters. The first-order valence-corrected chi connectivity index (χ1v) is 6.56. The van der Waals surface area contributed by atoms with Crippen LogP contribution in [0.5, 0.6) is 0 Å². The second-order valence-corrected chi connectivity index (χ2v) is 6.07. The lowest BCUT2D eigenvalue weighted by Crippen LogP contribution is -2.14. The summed E-state index contributed by atoms with van der Waals surface area (Å²) in [4.78, 5) is 18.5. The molecule has 2 aromatic heterocycles. The third-order valence-corrected chi connectivity index (χ3v) is 4.23. The molecule has 0 bridgehead atoms. The minimum absolute atomic E-state index is 0.645. The molecule has 16 heavy (non-hydrogen) atoms. The lowest BCUT2D eigenvalue weighted by atomic mass is 10.4. The lowest BCUT2D eigenvalue weighted by Gasteiger charge is -2.13. The van der Waals surface area contributed by atoms with Crippen LogP contribution in [0.1, 0.15) is 14.5 Å². The molecule has 2 rings (SSSR count). The Morgan fingerprint density at radius 2 is 2.31 bits per heavy atom. The molecular weight excluding hydrogens is 264 g/mol. The van der Waals surface area contributed by atoms with Crippen LogP contribution in [-0.2, 0) is 6.54 Å². The van der Waals surface area contributed by atoms with Crippen LogP contribution in [0.3, 0.4) is 0 Å². The van der Waals surface area contributed by atoms with Crippen molar-refractivity contribution >= 4 is 45.7 Å². The lowest BCUT2D eigenvalue weighted by molar-refractivity contribution is 0.112. The molecule has 0 aromatic carbocycles. The van der Waals surface area contributed by atoms with E-state index in [0.717, 1.165) is 22.3 Å². The van der Waals surface area contributed by atoms with Crippen molar-refractivity contribution in [3.8, 4) is 0 Å². The fraction of sp³-hybridized carbons (Fsp3) is 0.200. The minimum atomic E-state index is 0.645. The van der Waals surface area contributed by atoms with Crippen LogP contribution in [0, 0.1) is 0 Å². The molecule has 0 saturated carbocycles.